The van der Waals surface area contributed by atoms with Crippen LogP contribution in [-0.2, 0) is 10.0 Å². The van der Waals surface area contributed by atoms with Gasteiger partial charge in [-0.2, -0.15) is 0 Å². The molecule has 142 valence electrons. The quantitative estimate of drug-likeness (QED) is 0.502. The SMILES string of the molecule is Cc1ccc(S(=O)(=O)Nc2ccccc2C(=C2CC2)c2ccc(Br)cc2)cc1. The van der Waals surface area contributed by atoms with E-state index in [1.807, 2.05) is 43.3 Å². The number of hydrogen-bond donors (Lipinski definition) is 1. The van der Waals surface area contributed by atoms with Crippen molar-refractivity contribution in [3.8, 4) is 0 Å². The number of rotatable bonds is 5. The molecule has 0 atom stereocenters. The Bertz CT molecular complexity index is 1140. The Morgan fingerprint density at radius 1 is 0.893 bits per heavy atom. The molecule has 1 N–H and O–H groups in total. The average molecular weight is 454 g/mol. The number of halogens is 1. The summed E-state index contributed by atoms with van der Waals surface area (Å²) >= 11 is 3.48. The van der Waals surface area contributed by atoms with Crippen LogP contribution in [0.15, 0.2) is 87.7 Å². The Balaban J connectivity index is 1.76. The predicted molar refractivity (Wildman–Crippen MR) is 118 cm³/mol. The Morgan fingerprint density at radius 3 is 2.18 bits per heavy atom. The standard InChI is InChI=1S/C23H20BrNO2S/c1-16-6-14-20(15-7-16)28(26,27)25-22-5-3-2-4-21(22)23(17-8-9-17)18-10-12-19(24)13-11-18/h2-7,10-15,25H,8-9H2,1H3. The Hall–Kier alpha value is -2.37. The molecule has 0 saturated heterocycles. The van der Waals surface area contributed by atoms with Crippen LogP contribution in [0.2, 0.25) is 0 Å². The number of nitrogens with one attached hydrogen (secondary N) is 1. The summed E-state index contributed by atoms with van der Waals surface area (Å²) in [5.74, 6) is 0. The first kappa shape index (κ1) is 19.0. The van der Waals surface area contributed by atoms with Gasteiger partial charge in [-0.3, -0.25) is 4.72 Å². The van der Waals surface area contributed by atoms with Gasteiger partial charge >= 0.3 is 0 Å². The van der Waals surface area contributed by atoms with E-state index in [1.54, 1.807) is 24.3 Å². The Kier molecular flexibility index (Phi) is 5.13. The Labute approximate surface area is 174 Å². The molecule has 0 amide bonds. The van der Waals surface area contributed by atoms with E-state index in [2.05, 4.69) is 32.8 Å². The van der Waals surface area contributed by atoms with Crippen molar-refractivity contribution < 1.29 is 8.42 Å². The number of aryl methyl sites for hydroxylation is 1. The monoisotopic (exact) mass is 453 g/mol. The van der Waals surface area contributed by atoms with Crippen molar-refractivity contribution in [2.45, 2.75) is 24.7 Å². The van der Waals surface area contributed by atoms with Crippen molar-refractivity contribution >= 4 is 37.2 Å². The summed E-state index contributed by atoms with van der Waals surface area (Å²) < 4.78 is 29.7. The van der Waals surface area contributed by atoms with Crippen molar-refractivity contribution in [3.63, 3.8) is 0 Å². The molecule has 0 radical (unpaired) electrons. The molecular formula is C23H20BrNO2S. The van der Waals surface area contributed by atoms with Crippen LogP contribution in [0.4, 0.5) is 5.69 Å². The van der Waals surface area contributed by atoms with Crippen molar-refractivity contribution in [2.24, 2.45) is 0 Å². The predicted octanol–water partition coefficient (Wildman–Crippen LogP) is 6.15. The smallest absolute Gasteiger partial charge is 0.261 e. The molecule has 1 aliphatic carbocycles. The Morgan fingerprint density at radius 2 is 1.54 bits per heavy atom. The maximum Gasteiger partial charge on any atom is 0.261 e. The van der Waals surface area contributed by atoms with Crippen LogP contribution in [-0.4, -0.2) is 8.42 Å². The third-order valence-corrected chi connectivity index (χ3v) is 6.67. The minimum atomic E-state index is -3.66. The average Bonchev–Trinajstić information content (AvgIpc) is 3.50. The van der Waals surface area contributed by atoms with Crippen LogP contribution in [0.1, 0.15) is 29.5 Å². The molecule has 1 fully saturated rings. The minimum absolute atomic E-state index is 0.261. The fourth-order valence-corrected chi connectivity index (χ4v) is 4.53. The van der Waals surface area contributed by atoms with Crippen molar-refractivity contribution in [2.75, 3.05) is 4.72 Å². The summed E-state index contributed by atoms with van der Waals surface area (Å²) in [5.41, 5.74) is 6.10. The molecule has 0 aliphatic heterocycles. The fourth-order valence-electron chi connectivity index (χ4n) is 3.19. The van der Waals surface area contributed by atoms with Crippen LogP contribution in [0.3, 0.4) is 0 Å². The highest BCUT2D eigenvalue weighted by Gasteiger charge is 2.24. The highest BCUT2D eigenvalue weighted by Crippen LogP contribution is 2.42. The minimum Gasteiger partial charge on any atom is -0.279 e. The molecule has 0 unspecified atom stereocenters. The second kappa shape index (κ2) is 7.57. The van der Waals surface area contributed by atoms with Crippen molar-refractivity contribution in [1.82, 2.24) is 0 Å². The van der Waals surface area contributed by atoms with Gasteiger partial charge < -0.3 is 0 Å². The third kappa shape index (κ3) is 4.05. The molecule has 4 rings (SSSR count). The molecule has 0 aromatic heterocycles. The van der Waals surface area contributed by atoms with E-state index in [-0.39, 0.29) is 4.90 Å². The number of sulfonamides is 1. The van der Waals surface area contributed by atoms with E-state index in [9.17, 15) is 8.42 Å². The van der Waals surface area contributed by atoms with Gasteiger partial charge in [-0.1, -0.05) is 69.5 Å². The van der Waals surface area contributed by atoms with Crippen molar-refractivity contribution in [3.05, 3.63) is 99.5 Å². The maximum absolute atomic E-state index is 12.9. The molecular weight excluding hydrogens is 434 g/mol. The van der Waals surface area contributed by atoms with E-state index in [0.29, 0.717) is 5.69 Å². The first-order valence-corrected chi connectivity index (χ1v) is 11.4. The van der Waals surface area contributed by atoms with Gasteiger partial charge in [0.2, 0.25) is 0 Å². The van der Waals surface area contributed by atoms with Gasteiger partial charge in [0, 0.05) is 10.0 Å². The number of hydrogen-bond acceptors (Lipinski definition) is 2. The summed E-state index contributed by atoms with van der Waals surface area (Å²) in [6.45, 7) is 1.94. The highest BCUT2D eigenvalue weighted by atomic mass is 79.9. The molecule has 28 heavy (non-hydrogen) atoms. The van der Waals surface area contributed by atoms with Gasteiger partial charge in [0.05, 0.1) is 10.6 Å². The molecule has 1 saturated carbocycles. The third-order valence-electron chi connectivity index (χ3n) is 4.76. The summed E-state index contributed by atoms with van der Waals surface area (Å²) in [7, 11) is -3.66. The normalized spacial score (nSPS) is 13.3. The molecule has 0 heterocycles. The highest BCUT2D eigenvalue weighted by molar-refractivity contribution is 9.10. The number of allylic oxidation sites excluding steroid dienone is 1. The summed E-state index contributed by atoms with van der Waals surface area (Å²) in [5, 5.41) is 0. The molecule has 3 aromatic carbocycles. The summed E-state index contributed by atoms with van der Waals surface area (Å²) in [6, 6.07) is 22.6. The zero-order chi connectivity index (χ0) is 19.7. The van der Waals surface area contributed by atoms with Gasteiger partial charge in [0.25, 0.3) is 10.0 Å². The molecule has 1 aliphatic rings. The van der Waals surface area contributed by atoms with Gasteiger partial charge in [0.1, 0.15) is 0 Å². The summed E-state index contributed by atoms with van der Waals surface area (Å²) in [4.78, 5) is 0.261. The van der Waals surface area contributed by atoms with Gasteiger partial charge in [-0.15, -0.1) is 0 Å². The molecule has 3 aromatic rings. The van der Waals surface area contributed by atoms with E-state index in [0.717, 1.165) is 39.6 Å². The number of benzene rings is 3. The second-order valence-electron chi connectivity index (χ2n) is 6.95. The zero-order valence-corrected chi connectivity index (χ0v) is 17.8. The zero-order valence-electron chi connectivity index (χ0n) is 15.4. The molecule has 3 nitrogen and oxygen atoms in total. The topological polar surface area (TPSA) is 46.2 Å². The second-order valence-corrected chi connectivity index (χ2v) is 9.55. The number of para-hydroxylation sites is 1. The van der Waals surface area contributed by atoms with Crippen LogP contribution in [0, 0.1) is 6.92 Å². The summed E-state index contributed by atoms with van der Waals surface area (Å²) in [6.07, 6.45) is 2.09. The lowest BCUT2D eigenvalue weighted by molar-refractivity contribution is 0.601. The van der Waals surface area contributed by atoms with Crippen LogP contribution < -0.4 is 4.72 Å². The van der Waals surface area contributed by atoms with E-state index in [1.165, 1.54) is 5.57 Å². The maximum atomic E-state index is 12.9. The molecule has 5 heteroatoms. The van der Waals surface area contributed by atoms with Crippen LogP contribution in [0.5, 0.6) is 0 Å². The van der Waals surface area contributed by atoms with E-state index in [4.69, 9.17) is 0 Å². The van der Waals surface area contributed by atoms with Crippen LogP contribution in [0.25, 0.3) is 5.57 Å². The lowest BCUT2D eigenvalue weighted by Gasteiger charge is -2.16. The lowest BCUT2D eigenvalue weighted by atomic mass is 9.95. The lowest BCUT2D eigenvalue weighted by Crippen LogP contribution is -2.14. The van der Waals surface area contributed by atoms with E-state index < -0.39 is 10.0 Å². The fraction of sp³-hybridized carbons (Fsp3) is 0.130. The molecule has 0 bridgehead atoms. The van der Waals surface area contributed by atoms with Gasteiger partial charge in [-0.05, 0) is 61.2 Å². The first-order valence-electron chi connectivity index (χ1n) is 9.11. The molecule has 0 spiro atoms. The first-order chi connectivity index (χ1) is 13.4. The van der Waals surface area contributed by atoms with Gasteiger partial charge in [0.15, 0.2) is 0 Å². The largest absolute Gasteiger partial charge is 0.279 e. The number of anilines is 1. The van der Waals surface area contributed by atoms with Crippen LogP contribution >= 0.6 is 15.9 Å². The van der Waals surface area contributed by atoms with Gasteiger partial charge in [-0.25, -0.2) is 8.42 Å². The van der Waals surface area contributed by atoms with Crippen molar-refractivity contribution in [1.29, 1.82) is 0 Å². The van der Waals surface area contributed by atoms with E-state index >= 15 is 0 Å².